The van der Waals surface area contributed by atoms with Crippen molar-refractivity contribution in [3.63, 3.8) is 0 Å². The number of imide groups is 1. The number of fused-ring (bicyclic) bond motifs is 1. The van der Waals surface area contributed by atoms with Crippen LogP contribution >= 0.6 is 0 Å². The van der Waals surface area contributed by atoms with Crippen molar-refractivity contribution in [3.05, 3.63) is 64.7 Å². The Morgan fingerprint density at radius 1 is 0.950 bits per heavy atom. The molecule has 0 radical (unpaired) electrons. The Kier molecular flexibility index (Phi) is 2.79. The minimum absolute atomic E-state index is 0.231. The Morgan fingerprint density at radius 3 is 2.30 bits per heavy atom. The molecule has 0 aromatic heterocycles. The zero-order valence-corrected chi connectivity index (χ0v) is 11.1. The summed E-state index contributed by atoms with van der Waals surface area (Å²) >= 11 is 0. The van der Waals surface area contributed by atoms with E-state index in [1.807, 2.05) is 25.1 Å². The first kappa shape index (κ1) is 12.4. The lowest BCUT2D eigenvalue weighted by Crippen LogP contribution is -2.29. The van der Waals surface area contributed by atoms with Gasteiger partial charge in [0, 0.05) is 5.69 Å². The fourth-order valence-corrected chi connectivity index (χ4v) is 2.35. The van der Waals surface area contributed by atoms with Gasteiger partial charge in [0.2, 0.25) is 0 Å². The van der Waals surface area contributed by atoms with Crippen molar-refractivity contribution >= 4 is 17.5 Å². The highest BCUT2D eigenvalue weighted by Gasteiger charge is 2.35. The second-order valence-electron chi connectivity index (χ2n) is 4.99. The van der Waals surface area contributed by atoms with Crippen LogP contribution in [0.25, 0.3) is 0 Å². The van der Waals surface area contributed by atoms with E-state index >= 15 is 0 Å². The number of benzene rings is 2. The molecular formula is C16H14N2O2. The van der Waals surface area contributed by atoms with Crippen LogP contribution in [-0.4, -0.2) is 16.7 Å². The van der Waals surface area contributed by atoms with Crippen molar-refractivity contribution in [3.8, 4) is 0 Å². The SMILES string of the molecule is Cc1ccc2c(c1)C(=O)N(Cc1ccc(N)cc1)C2=O. The van der Waals surface area contributed by atoms with Gasteiger partial charge in [-0.05, 0) is 36.8 Å². The number of aryl methyl sites for hydroxylation is 1. The topological polar surface area (TPSA) is 63.4 Å². The standard InChI is InChI=1S/C16H14N2O2/c1-10-2-7-13-14(8-10)16(20)18(15(13)19)9-11-3-5-12(17)6-4-11/h2-8H,9,17H2,1H3. The van der Waals surface area contributed by atoms with E-state index in [1.54, 1.807) is 24.3 Å². The van der Waals surface area contributed by atoms with Crippen LogP contribution in [0.4, 0.5) is 5.69 Å². The fourth-order valence-electron chi connectivity index (χ4n) is 2.35. The molecule has 3 rings (SSSR count). The zero-order valence-electron chi connectivity index (χ0n) is 11.1. The maximum Gasteiger partial charge on any atom is 0.261 e. The van der Waals surface area contributed by atoms with Gasteiger partial charge in [0.25, 0.3) is 11.8 Å². The minimum Gasteiger partial charge on any atom is -0.399 e. The van der Waals surface area contributed by atoms with Crippen molar-refractivity contribution in [2.75, 3.05) is 5.73 Å². The summed E-state index contributed by atoms with van der Waals surface area (Å²) in [6.45, 7) is 2.17. The number of carbonyl (C=O) groups is 2. The molecule has 0 fully saturated rings. The molecule has 0 saturated carbocycles. The molecule has 0 aliphatic carbocycles. The van der Waals surface area contributed by atoms with Crippen LogP contribution < -0.4 is 5.73 Å². The van der Waals surface area contributed by atoms with Crippen molar-refractivity contribution in [2.24, 2.45) is 0 Å². The van der Waals surface area contributed by atoms with Gasteiger partial charge < -0.3 is 5.73 Å². The summed E-state index contributed by atoms with van der Waals surface area (Å²) in [6, 6.07) is 12.5. The largest absolute Gasteiger partial charge is 0.399 e. The van der Waals surface area contributed by atoms with E-state index in [2.05, 4.69) is 0 Å². The number of carbonyl (C=O) groups excluding carboxylic acids is 2. The molecule has 2 aromatic rings. The quantitative estimate of drug-likeness (QED) is 0.670. The summed E-state index contributed by atoms with van der Waals surface area (Å²) < 4.78 is 0. The highest BCUT2D eigenvalue weighted by molar-refractivity contribution is 6.21. The second-order valence-corrected chi connectivity index (χ2v) is 4.99. The zero-order chi connectivity index (χ0) is 14.3. The average molecular weight is 266 g/mol. The van der Waals surface area contributed by atoms with E-state index < -0.39 is 0 Å². The molecule has 0 spiro atoms. The van der Waals surface area contributed by atoms with Crippen molar-refractivity contribution in [1.82, 2.24) is 4.90 Å². The van der Waals surface area contributed by atoms with Gasteiger partial charge in [0.1, 0.15) is 0 Å². The van der Waals surface area contributed by atoms with Crippen LogP contribution in [-0.2, 0) is 6.54 Å². The molecule has 20 heavy (non-hydrogen) atoms. The smallest absolute Gasteiger partial charge is 0.261 e. The van der Waals surface area contributed by atoms with Crippen LogP contribution in [0.1, 0.15) is 31.8 Å². The molecule has 1 aliphatic rings. The molecule has 2 amide bonds. The number of rotatable bonds is 2. The molecule has 100 valence electrons. The first-order valence-corrected chi connectivity index (χ1v) is 6.37. The number of anilines is 1. The summed E-state index contributed by atoms with van der Waals surface area (Å²) in [7, 11) is 0. The van der Waals surface area contributed by atoms with Crippen LogP contribution in [0.5, 0.6) is 0 Å². The average Bonchev–Trinajstić information content (AvgIpc) is 2.66. The Morgan fingerprint density at radius 2 is 1.60 bits per heavy atom. The normalized spacial score (nSPS) is 13.8. The number of hydrogen-bond donors (Lipinski definition) is 1. The monoisotopic (exact) mass is 266 g/mol. The number of hydrogen-bond acceptors (Lipinski definition) is 3. The first-order valence-electron chi connectivity index (χ1n) is 6.37. The number of nitrogens with two attached hydrogens (primary N) is 1. The minimum atomic E-state index is -0.234. The molecule has 2 aromatic carbocycles. The van der Waals surface area contributed by atoms with Gasteiger partial charge in [0.05, 0.1) is 17.7 Å². The third kappa shape index (κ3) is 1.95. The molecule has 0 unspecified atom stereocenters. The predicted molar refractivity (Wildman–Crippen MR) is 76.2 cm³/mol. The molecular weight excluding hydrogens is 252 g/mol. The van der Waals surface area contributed by atoms with E-state index in [-0.39, 0.29) is 18.4 Å². The van der Waals surface area contributed by atoms with Crippen LogP contribution in [0.15, 0.2) is 42.5 Å². The van der Waals surface area contributed by atoms with E-state index in [1.165, 1.54) is 4.90 Å². The summed E-state index contributed by atoms with van der Waals surface area (Å²) in [5.74, 6) is -0.465. The van der Waals surface area contributed by atoms with Crippen LogP contribution in [0, 0.1) is 6.92 Å². The van der Waals surface area contributed by atoms with Gasteiger partial charge in [-0.3, -0.25) is 14.5 Å². The highest BCUT2D eigenvalue weighted by atomic mass is 16.2. The Balaban J connectivity index is 1.91. The Labute approximate surface area is 116 Å². The van der Waals surface area contributed by atoms with E-state index in [0.29, 0.717) is 16.8 Å². The van der Waals surface area contributed by atoms with E-state index in [0.717, 1.165) is 11.1 Å². The number of nitrogen functional groups attached to an aromatic ring is 1. The lowest BCUT2D eigenvalue weighted by molar-refractivity contribution is 0.0642. The van der Waals surface area contributed by atoms with Gasteiger partial charge in [-0.25, -0.2) is 0 Å². The molecule has 0 atom stereocenters. The lowest BCUT2D eigenvalue weighted by atomic mass is 10.1. The molecule has 4 nitrogen and oxygen atoms in total. The maximum atomic E-state index is 12.3. The van der Waals surface area contributed by atoms with Crippen molar-refractivity contribution < 1.29 is 9.59 Å². The summed E-state index contributed by atoms with van der Waals surface area (Å²) in [5, 5.41) is 0. The Hall–Kier alpha value is -2.62. The second kappa shape index (κ2) is 4.49. The third-order valence-corrected chi connectivity index (χ3v) is 3.45. The van der Waals surface area contributed by atoms with Crippen molar-refractivity contribution in [1.29, 1.82) is 0 Å². The van der Waals surface area contributed by atoms with E-state index in [9.17, 15) is 9.59 Å². The number of amides is 2. The highest BCUT2D eigenvalue weighted by Crippen LogP contribution is 2.25. The predicted octanol–water partition coefficient (Wildman–Crippen LogP) is 2.37. The molecule has 1 aliphatic heterocycles. The molecule has 0 bridgehead atoms. The van der Waals surface area contributed by atoms with Gasteiger partial charge >= 0.3 is 0 Å². The van der Waals surface area contributed by atoms with Gasteiger partial charge in [-0.1, -0.05) is 23.8 Å². The first-order chi connectivity index (χ1) is 9.56. The summed E-state index contributed by atoms with van der Waals surface area (Å²) in [5.41, 5.74) is 9.11. The van der Waals surface area contributed by atoms with Crippen LogP contribution in [0.2, 0.25) is 0 Å². The Bertz CT molecular complexity index is 705. The molecule has 2 N–H and O–H groups in total. The molecule has 1 heterocycles. The van der Waals surface area contributed by atoms with Gasteiger partial charge in [-0.15, -0.1) is 0 Å². The summed E-state index contributed by atoms with van der Waals surface area (Å²) in [6.07, 6.45) is 0. The maximum absolute atomic E-state index is 12.3. The number of nitrogens with zero attached hydrogens (tertiary/aromatic N) is 1. The molecule has 4 heteroatoms. The van der Waals surface area contributed by atoms with E-state index in [4.69, 9.17) is 5.73 Å². The van der Waals surface area contributed by atoms with Crippen molar-refractivity contribution in [2.45, 2.75) is 13.5 Å². The summed E-state index contributed by atoms with van der Waals surface area (Å²) in [4.78, 5) is 25.9. The lowest BCUT2D eigenvalue weighted by Gasteiger charge is -2.13. The van der Waals surface area contributed by atoms with Gasteiger partial charge in [0.15, 0.2) is 0 Å². The van der Waals surface area contributed by atoms with Gasteiger partial charge in [-0.2, -0.15) is 0 Å². The third-order valence-electron chi connectivity index (χ3n) is 3.45. The fraction of sp³-hybridized carbons (Fsp3) is 0.125. The van der Waals surface area contributed by atoms with Crippen LogP contribution in [0.3, 0.4) is 0 Å². The molecule has 0 saturated heterocycles.